The van der Waals surface area contributed by atoms with Gasteiger partial charge in [0.2, 0.25) is 0 Å². The van der Waals surface area contributed by atoms with E-state index in [9.17, 15) is 13.2 Å². The van der Waals surface area contributed by atoms with Crippen molar-refractivity contribution in [1.29, 1.82) is 0 Å². The molecular weight excluding hydrogens is 302 g/mol. The molecule has 6 heteroatoms. The second-order valence-electron chi connectivity index (χ2n) is 4.91. The molecule has 0 aliphatic rings. The van der Waals surface area contributed by atoms with Gasteiger partial charge < -0.3 is 4.74 Å². The number of hydrogen-bond donors (Lipinski definition) is 1. The molecule has 0 fully saturated rings. The van der Waals surface area contributed by atoms with Gasteiger partial charge in [-0.05, 0) is 43.2 Å². The quantitative estimate of drug-likeness (QED) is 0.880. The number of benzene rings is 2. The van der Waals surface area contributed by atoms with Crippen LogP contribution in [0.15, 0.2) is 47.4 Å². The van der Waals surface area contributed by atoms with Crippen LogP contribution in [0.3, 0.4) is 0 Å². The number of sulfonamides is 1. The number of carbonyl (C=O) groups excluding carboxylic acids is 1. The summed E-state index contributed by atoms with van der Waals surface area (Å²) in [5, 5.41) is 0. The molecule has 22 heavy (non-hydrogen) atoms. The molecule has 2 aromatic rings. The molecule has 0 spiro atoms. The predicted molar refractivity (Wildman–Crippen MR) is 84.5 cm³/mol. The van der Waals surface area contributed by atoms with Gasteiger partial charge in [-0.2, -0.15) is 0 Å². The summed E-state index contributed by atoms with van der Waals surface area (Å²) in [7, 11) is -2.52. The molecule has 116 valence electrons. The Kier molecular flexibility index (Phi) is 4.51. The lowest BCUT2D eigenvalue weighted by molar-refractivity contribution is 0.0601. The van der Waals surface area contributed by atoms with Crippen LogP contribution in [0.4, 0.5) is 5.69 Å². The van der Waals surface area contributed by atoms with Crippen LogP contribution in [0.25, 0.3) is 0 Å². The van der Waals surface area contributed by atoms with Crippen molar-refractivity contribution in [2.75, 3.05) is 11.8 Å². The summed E-state index contributed by atoms with van der Waals surface area (Å²) in [6.07, 6.45) is 0. The van der Waals surface area contributed by atoms with Crippen molar-refractivity contribution >= 4 is 21.7 Å². The summed E-state index contributed by atoms with van der Waals surface area (Å²) in [6.45, 7) is 3.53. The minimum absolute atomic E-state index is 0.143. The van der Waals surface area contributed by atoms with Crippen molar-refractivity contribution in [2.45, 2.75) is 18.7 Å². The molecule has 0 heterocycles. The van der Waals surface area contributed by atoms with Crippen molar-refractivity contribution in [3.63, 3.8) is 0 Å². The minimum atomic E-state index is -3.77. The van der Waals surface area contributed by atoms with Crippen molar-refractivity contribution < 1.29 is 17.9 Å². The van der Waals surface area contributed by atoms with Crippen LogP contribution in [0, 0.1) is 13.8 Å². The normalized spacial score (nSPS) is 11.0. The third-order valence-electron chi connectivity index (χ3n) is 3.21. The SMILES string of the molecule is COC(=O)c1c(C)cccc1NS(=O)(=O)c1cccc(C)c1. The number of nitrogens with one attached hydrogen (secondary N) is 1. The van der Waals surface area contributed by atoms with E-state index in [2.05, 4.69) is 4.72 Å². The molecule has 0 aliphatic carbocycles. The Bertz CT molecular complexity index is 813. The molecule has 2 aromatic carbocycles. The maximum absolute atomic E-state index is 12.5. The summed E-state index contributed by atoms with van der Waals surface area (Å²) in [5.74, 6) is -0.583. The van der Waals surface area contributed by atoms with Gasteiger partial charge in [0, 0.05) is 0 Å². The molecule has 0 aliphatic heterocycles. The molecule has 0 amide bonds. The van der Waals surface area contributed by atoms with E-state index in [1.165, 1.54) is 19.2 Å². The lowest BCUT2D eigenvalue weighted by Crippen LogP contribution is -2.17. The molecule has 2 rings (SSSR count). The highest BCUT2D eigenvalue weighted by atomic mass is 32.2. The average molecular weight is 319 g/mol. The number of hydrogen-bond acceptors (Lipinski definition) is 4. The smallest absolute Gasteiger partial charge is 0.340 e. The van der Waals surface area contributed by atoms with E-state index in [1.54, 1.807) is 31.2 Å². The fourth-order valence-electron chi connectivity index (χ4n) is 2.11. The number of methoxy groups -OCH3 is 1. The average Bonchev–Trinajstić information content (AvgIpc) is 2.46. The summed E-state index contributed by atoms with van der Waals surface area (Å²) in [6, 6.07) is 11.5. The molecular formula is C16H17NO4S. The molecule has 1 N–H and O–H groups in total. The number of ether oxygens (including phenoxy) is 1. The molecule has 0 saturated carbocycles. The number of aryl methyl sites for hydroxylation is 2. The van der Waals surface area contributed by atoms with Gasteiger partial charge in [-0.15, -0.1) is 0 Å². The van der Waals surface area contributed by atoms with Crippen LogP contribution >= 0.6 is 0 Å². The standard InChI is InChI=1S/C16H17NO4S/c1-11-6-4-8-13(10-11)22(19,20)17-14-9-5-7-12(2)15(14)16(18)21-3/h4-10,17H,1-3H3. The molecule has 0 atom stereocenters. The fourth-order valence-corrected chi connectivity index (χ4v) is 3.29. The third kappa shape index (κ3) is 3.28. The van der Waals surface area contributed by atoms with Gasteiger partial charge >= 0.3 is 5.97 Å². The Morgan fingerprint density at radius 3 is 2.41 bits per heavy atom. The molecule has 0 radical (unpaired) electrons. The summed E-state index contributed by atoms with van der Waals surface area (Å²) in [5.41, 5.74) is 1.88. The van der Waals surface area contributed by atoms with Crippen molar-refractivity contribution in [1.82, 2.24) is 0 Å². The second kappa shape index (κ2) is 6.19. The van der Waals surface area contributed by atoms with E-state index in [0.717, 1.165) is 5.56 Å². The van der Waals surface area contributed by atoms with E-state index >= 15 is 0 Å². The zero-order valence-electron chi connectivity index (χ0n) is 12.6. The van der Waals surface area contributed by atoms with Crippen LogP contribution < -0.4 is 4.72 Å². The summed E-state index contributed by atoms with van der Waals surface area (Å²) < 4.78 is 32.1. The first-order valence-corrected chi connectivity index (χ1v) is 8.11. The maximum Gasteiger partial charge on any atom is 0.340 e. The first-order chi connectivity index (χ1) is 10.3. The van der Waals surface area contributed by atoms with E-state index in [-0.39, 0.29) is 16.1 Å². The second-order valence-corrected chi connectivity index (χ2v) is 6.59. The topological polar surface area (TPSA) is 72.5 Å². The molecule has 0 saturated heterocycles. The van der Waals surface area contributed by atoms with Gasteiger partial charge in [-0.25, -0.2) is 13.2 Å². The number of anilines is 1. The third-order valence-corrected chi connectivity index (χ3v) is 4.57. The van der Waals surface area contributed by atoms with Gasteiger partial charge in [0.15, 0.2) is 0 Å². The van der Waals surface area contributed by atoms with Crippen LogP contribution in [0.1, 0.15) is 21.5 Å². The number of rotatable bonds is 4. The highest BCUT2D eigenvalue weighted by Gasteiger charge is 2.20. The Hall–Kier alpha value is -2.34. The van der Waals surface area contributed by atoms with Crippen LogP contribution in [0.2, 0.25) is 0 Å². The highest BCUT2D eigenvalue weighted by Crippen LogP contribution is 2.24. The molecule has 0 aromatic heterocycles. The van der Waals surface area contributed by atoms with E-state index in [0.29, 0.717) is 5.56 Å². The summed E-state index contributed by atoms with van der Waals surface area (Å²) >= 11 is 0. The Balaban J connectivity index is 2.47. The molecule has 0 bridgehead atoms. The van der Waals surface area contributed by atoms with Gasteiger partial charge in [-0.1, -0.05) is 24.3 Å². The monoisotopic (exact) mass is 319 g/mol. The van der Waals surface area contributed by atoms with Crippen molar-refractivity contribution in [3.05, 3.63) is 59.2 Å². The lowest BCUT2D eigenvalue weighted by Gasteiger charge is -2.13. The minimum Gasteiger partial charge on any atom is -0.465 e. The van der Waals surface area contributed by atoms with E-state index in [1.807, 2.05) is 13.0 Å². The first-order valence-electron chi connectivity index (χ1n) is 6.62. The Labute approximate surface area is 130 Å². The van der Waals surface area contributed by atoms with Gasteiger partial charge in [-0.3, -0.25) is 4.72 Å². The lowest BCUT2D eigenvalue weighted by atomic mass is 10.1. The van der Waals surface area contributed by atoms with Crippen LogP contribution in [0.5, 0.6) is 0 Å². The van der Waals surface area contributed by atoms with Crippen molar-refractivity contribution in [3.8, 4) is 0 Å². The highest BCUT2D eigenvalue weighted by molar-refractivity contribution is 7.92. The first kappa shape index (κ1) is 16.0. The van der Waals surface area contributed by atoms with Crippen LogP contribution in [-0.2, 0) is 14.8 Å². The van der Waals surface area contributed by atoms with Crippen molar-refractivity contribution in [2.24, 2.45) is 0 Å². The summed E-state index contributed by atoms with van der Waals surface area (Å²) in [4.78, 5) is 12.0. The predicted octanol–water partition coefficient (Wildman–Crippen LogP) is 2.89. The van der Waals surface area contributed by atoms with Gasteiger partial charge in [0.1, 0.15) is 0 Å². The van der Waals surface area contributed by atoms with Crippen LogP contribution in [-0.4, -0.2) is 21.5 Å². The molecule has 0 unspecified atom stereocenters. The van der Waals surface area contributed by atoms with Gasteiger partial charge in [0.25, 0.3) is 10.0 Å². The number of carbonyl (C=O) groups is 1. The van der Waals surface area contributed by atoms with E-state index < -0.39 is 16.0 Å². The zero-order chi connectivity index (χ0) is 16.3. The molecule has 5 nitrogen and oxygen atoms in total. The zero-order valence-corrected chi connectivity index (χ0v) is 13.4. The Morgan fingerprint density at radius 2 is 1.77 bits per heavy atom. The maximum atomic E-state index is 12.5. The largest absolute Gasteiger partial charge is 0.465 e. The van der Waals surface area contributed by atoms with E-state index in [4.69, 9.17) is 4.74 Å². The fraction of sp³-hybridized carbons (Fsp3) is 0.188. The number of esters is 1. The van der Waals surface area contributed by atoms with Gasteiger partial charge in [0.05, 0.1) is 23.3 Å². The Morgan fingerprint density at radius 1 is 1.09 bits per heavy atom.